The van der Waals surface area contributed by atoms with Gasteiger partial charge in [-0.3, -0.25) is 9.59 Å². The van der Waals surface area contributed by atoms with E-state index < -0.39 is 18.5 Å². The molecular weight excluding hydrogens is 408 g/mol. The molecule has 0 saturated heterocycles. The van der Waals surface area contributed by atoms with Crippen molar-refractivity contribution < 1.29 is 28.6 Å². The van der Waals surface area contributed by atoms with Gasteiger partial charge in [-0.25, -0.2) is 4.79 Å². The number of hydrogen-bond donors (Lipinski definition) is 2. The number of esters is 1. The molecule has 2 aromatic rings. The zero-order valence-corrected chi connectivity index (χ0v) is 17.5. The van der Waals surface area contributed by atoms with E-state index in [9.17, 15) is 14.4 Å². The highest BCUT2D eigenvalue weighted by Gasteiger charge is 2.19. The van der Waals surface area contributed by atoms with Crippen molar-refractivity contribution in [1.29, 1.82) is 0 Å². The number of anilines is 2. The van der Waals surface area contributed by atoms with Gasteiger partial charge in [-0.15, -0.1) is 11.8 Å². The first kappa shape index (κ1) is 21.5. The van der Waals surface area contributed by atoms with E-state index in [0.717, 1.165) is 4.90 Å². The second kappa shape index (κ2) is 10.0. The molecule has 0 radical (unpaired) electrons. The molecule has 2 aromatic carbocycles. The summed E-state index contributed by atoms with van der Waals surface area (Å²) in [6, 6.07) is 9.98. The molecule has 0 unspecified atom stereocenters. The maximum absolute atomic E-state index is 12.3. The fraction of sp³-hybridized carbons (Fsp3) is 0.286. The van der Waals surface area contributed by atoms with E-state index in [1.54, 1.807) is 36.4 Å². The van der Waals surface area contributed by atoms with Crippen LogP contribution < -0.4 is 20.1 Å². The van der Waals surface area contributed by atoms with Crippen molar-refractivity contribution in [3.05, 3.63) is 42.0 Å². The van der Waals surface area contributed by atoms with Gasteiger partial charge < -0.3 is 24.8 Å². The van der Waals surface area contributed by atoms with E-state index in [1.807, 2.05) is 13.8 Å². The number of fused-ring (bicyclic) bond motifs is 1. The fourth-order valence-corrected chi connectivity index (χ4v) is 3.54. The molecule has 0 fully saturated rings. The zero-order chi connectivity index (χ0) is 21.5. The Morgan fingerprint density at radius 3 is 2.67 bits per heavy atom. The number of carbonyl (C=O) groups excluding carboxylic acids is 3. The van der Waals surface area contributed by atoms with Crippen molar-refractivity contribution in [2.45, 2.75) is 18.7 Å². The molecular formula is C21H22N2O6S. The lowest BCUT2D eigenvalue weighted by Gasteiger charge is -2.16. The van der Waals surface area contributed by atoms with Gasteiger partial charge in [0.2, 0.25) is 5.91 Å². The third kappa shape index (κ3) is 5.44. The molecule has 0 aromatic heterocycles. The summed E-state index contributed by atoms with van der Waals surface area (Å²) >= 11 is 1.40. The smallest absolute Gasteiger partial charge is 0.338 e. The highest BCUT2D eigenvalue weighted by atomic mass is 32.2. The Morgan fingerprint density at radius 1 is 1.10 bits per heavy atom. The predicted octanol–water partition coefficient (Wildman–Crippen LogP) is 3.32. The zero-order valence-electron chi connectivity index (χ0n) is 16.7. The molecule has 1 aliphatic rings. The number of nitrogens with one attached hydrogen (secondary N) is 2. The summed E-state index contributed by atoms with van der Waals surface area (Å²) < 4.78 is 16.1. The van der Waals surface area contributed by atoms with E-state index >= 15 is 0 Å². The third-order valence-electron chi connectivity index (χ3n) is 4.02. The van der Waals surface area contributed by atoms with E-state index in [-0.39, 0.29) is 11.5 Å². The molecule has 3 rings (SSSR count). The molecule has 1 heterocycles. The van der Waals surface area contributed by atoms with Crippen LogP contribution in [0, 0.1) is 0 Å². The lowest BCUT2D eigenvalue weighted by molar-refractivity contribution is -0.119. The van der Waals surface area contributed by atoms with Gasteiger partial charge in [0.1, 0.15) is 11.5 Å². The third-order valence-corrected chi connectivity index (χ3v) is 5.09. The van der Waals surface area contributed by atoms with Gasteiger partial charge in [0, 0.05) is 11.0 Å². The first-order valence-corrected chi connectivity index (χ1v) is 10.4. The standard InChI is InChI=1S/C21H22N2O6S/c1-3-27-14-6-7-17(28-4-2)15(10-14)22-19(24)11-29-21(26)13-5-8-18-16(9-13)23-20(25)12-30-18/h5-10H,3-4,11-12H2,1-2H3,(H,22,24)(H,23,25). The summed E-state index contributed by atoms with van der Waals surface area (Å²) in [5, 5.41) is 5.39. The van der Waals surface area contributed by atoms with Crippen LogP contribution in [0.4, 0.5) is 11.4 Å². The van der Waals surface area contributed by atoms with Gasteiger partial charge in [0.15, 0.2) is 6.61 Å². The lowest BCUT2D eigenvalue weighted by Crippen LogP contribution is -2.22. The molecule has 2 amide bonds. The average Bonchev–Trinajstić information content (AvgIpc) is 2.73. The lowest BCUT2D eigenvalue weighted by atomic mass is 10.2. The molecule has 0 aliphatic carbocycles. The Labute approximate surface area is 178 Å². The van der Waals surface area contributed by atoms with Crippen molar-refractivity contribution >= 4 is 40.9 Å². The minimum Gasteiger partial charge on any atom is -0.494 e. The number of amides is 2. The Hall–Kier alpha value is -3.20. The van der Waals surface area contributed by atoms with Crippen LogP contribution in [-0.4, -0.2) is 43.4 Å². The molecule has 0 saturated carbocycles. The van der Waals surface area contributed by atoms with Crippen LogP contribution in [0.1, 0.15) is 24.2 Å². The van der Waals surface area contributed by atoms with Gasteiger partial charge in [-0.1, -0.05) is 0 Å². The first-order chi connectivity index (χ1) is 14.5. The molecule has 0 spiro atoms. The molecule has 1 aliphatic heterocycles. The summed E-state index contributed by atoms with van der Waals surface area (Å²) in [4.78, 5) is 37.0. The van der Waals surface area contributed by atoms with Crippen molar-refractivity contribution in [3.8, 4) is 11.5 Å². The van der Waals surface area contributed by atoms with Gasteiger partial charge in [-0.05, 0) is 44.2 Å². The van der Waals surface area contributed by atoms with Gasteiger partial charge in [-0.2, -0.15) is 0 Å². The van der Waals surface area contributed by atoms with Crippen LogP contribution in [0.15, 0.2) is 41.3 Å². The SMILES string of the molecule is CCOc1ccc(OCC)c(NC(=O)COC(=O)c2ccc3c(c2)NC(=O)CS3)c1. The molecule has 2 N–H and O–H groups in total. The van der Waals surface area contributed by atoms with E-state index in [2.05, 4.69) is 10.6 Å². The molecule has 9 heteroatoms. The minimum absolute atomic E-state index is 0.128. The number of benzene rings is 2. The molecule has 8 nitrogen and oxygen atoms in total. The highest BCUT2D eigenvalue weighted by Crippen LogP contribution is 2.32. The molecule has 30 heavy (non-hydrogen) atoms. The summed E-state index contributed by atoms with van der Waals surface area (Å²) in [7, 11) is 0. The number of rotatable bonds is 8. The topological polar surface area (TPSA) is 103 Å². The van der Waals surface area contributed by atoms with Crippen molar-refractivity contribution in [3.63, 3.8) is 0 Å². The predicted molar refractivity (Wildman–Crippen MR) is 113 cm³/mol. The summed E-state index contributed by atoms with van der Waals surface area (Å²) in [6.07, 6.45) is 0. The Kier molecular flexibility index (Phi) is 7.18. The number of ether oxygens (including phenoxy) is 3. The highest BCUT2D eigenvalue weighted by molar-refractivity contribution is 8.00. The largest absolute Gasteiger partial charge is 0.494 e. The van der Waals surface area contributed by atoms with E-state index in [4.69, 9.17) is 14.2 Å². The van der Waals surface area contributed by atoms with Crippen molar-refractivity contribution in [2.75, 3.05) is 36.2 Å². The van der Waals surface area contributed by atoms with Crippen LogP contribution >= 0.6 is 11.8 Å². The Balaban J connectivity index is 1.62. The maximum Gasteiger partial charge on any atom is 0.338 e. The minimum atomic E-state index is -0.661. The monoisotopic (exact) mass is 430 g/mol. The maximum atomic E-state index is 12.3. The summed E-state index contributed by atoms with van der Waals surface area (Å²) in [5.74, 6) is 0.110. The van der Waals surface area contributed by atoms with Crippen LogP contribution in [-0.2, 0) is 14.3 Å². The second-order valence-corrected chi connectivity index (χ2v) is 7.21. The second-order valence-electron chi connectivity index (χ2n) is 6.20. The van der Waals surface area contributed by atoms with Crippen LogP contribution in [0.5, 0.6) is 11.5 Å². The normalized spacial score (nSPS) is 12.4. The van der Waals surface area contributed by atoms with Gasteiger partial charge >= 0.3 is 5.97 Å². The quantitative estimate of drug-likeness (QED) is 0.619. The Morgan fingerprint density at radius 2 is 1.90 bits per heavy atom. The van der Waals surface area contributed by atoms with Crippen LogP contribution in [0.25, 0.3) is 0 Å². The number of hydrogen-bond acceptors (Lipinski definition) is 7. The molecule has 0 atom stereocenters. The van der Waals surface area contributed by atoms with E-state index in [1.165, 1.54) is 11.8 Å². The summed E-state index contributed by atoms with van der Waals surface area (Å²) in [5.41, 5.74) is 1.24. The summed E-state index contributed by atoms with van der Waals surface area (Å²) in [6.45, 7) is 4.14. The van der Waals surface area contributed by atoms with Crippen LogP contribution in [0.2, 0.25) is 0 Å². The van der Waals surface area contributed by atoms with Crippen LogP contribution in [0.3, 0.4) is 0 Å². The number of thioether (sulfide) groups is 1. The van der Waals surface area contributed by atoms with E-state index in [0.29, 0.717) is 41.8 Å². The molecule has 158 valence electrons. The Bertz CT molecular complexity index is 963. The van der Waals surface area contributed by atoms with Crippen molar-refractivity contribution in [2.24, 2.45) is 0 Å². The molecule has 0 bridgehead atoms. The fourth-order valence-electron chi connectivity index (χ4n) is 2.76. The van der Waals surface area contributed by atoms with Gasteiger partial charge in [0.25, 0.3) is 5.91 Å². The average molecular weight is 430 g/mol. The number of carbonyl (C=O) groups is 3. The van der Waals surface area contributed by atoms with Crippen molar-refractivity contribution in [1.82, 2.24) is 0 Å². The van der Waals surface area contributed by atoms with Gasteiger partial charge in [0.05, 0.1) is 35.9 Å². The first-order valence-electron chi connectivity index (χ1n) is 9.43.